The number of methoxy groups -OCH3 is 1. The molecule has 2 aromatic rings. The van der Waals surface area contributed by atoms with Gasteiger partial charge < -0.3 is 15.2 Å². The van der Waals surface area contributed by atoms with E-state index in [9.17, 15) is 23.1 Å². The number of benzene rings is 2. The lowest BCUT2D eigenvalue weighted by Gasteiger charge is -2.30. The Kier molecular flexibility index (Phi) is 7.71. The zero-order chi connectivity index (χ0) is 22.4. The summed E-state index contributed by atoms with van der Waals surface area (Å²) in [7, 11) is -2.90. The highest BCUT2D eigenvalue weighted by atomic mass is 32.2. The van der Waals surface area contributed by atoms with Gasteiger partial charge in [0.2, 0.25) is 15.9 Å². The molecule has 0 radical (unpaired) electrons. The van der Waals surface area contributed by atoms with Crippen molar-refractivity contribution >= 4 is 21.9 Å². The molecule has 2 rings (SSSR count). The van der Waals surface area contributed by atoms with Crippen molar-refractivity contribution in [3.8, 4) is 0 Å². The molecule has 0 saturated carbocycles. The number of hydrogen-bond donors (Lipinski definition) is 3. The van der Waals surface area contributed by atoms with Gasteiger partial charge in [-0.3, -0.25) is 4.79 Å². The van der Waals surface area contributed by atoms with Crippen LogP contribution in [0, 0.1) is 0 Å². The van der Waals surface area contributed by atoms with Gasteiger partial charge in [-0.15, -0.1) is 0 Å². The minimum atomic E-state index is -4.10. The van der Waals surface area contributed by atoms with Crippen LogP contribution in [0.5, 0.6) is 0 Å². The maximum absolute atomic E-state index is 12.9. The van der Waals surface area contributed by atoms with Gasteiger partial charge in [-0.2, -0.15) is 4.72 Å². The van der Waals surface area contributed by atoms with E-state index < -0.39 is 39.6 Å². The first-order valence-corrected chi connectivity index (χ1v) is 10.7. The maximum atomic E-state index is 12.9. The van der Waals surface area contributed by atoms with Crippen molar-refractivity contribution < 1.29 is 27.9 Å². The van der Waals surface area contributed by atoms with Gasteiger partial charge in [0.25, 0.3) is 0 Å². The van der Waals surface area contributed by atoms with Crippen LogP contribution < -0.4 is 10.0 Å². The third-order valence-corrected chi connectivity index (χ3v) is 5.82. The summed E-state index contributed by atoms with van der Waals surface area (Å²) >= 11 is 0. The summed E-state index contributed by atoms with van der Waals surface area (Å²) in [5, 5.41) is 12.9. The Morgan fingerprint density at radius 3 is 2.07 bits per heavy atom. The van der Waals surface area contributed by atoms with E-state index in [1.807, 2.05) is 6.07 Å². The Morgan fingerprint density at radius 2 is 1.57 bits per heavy atom. The fourth-order valence-electron chi connectivity index (χ4n) is 2.78. The first-order valence-electron chi connectivity index (χ1n) is 9.26. The molecule has 0 aromatic heterocycles. The van der Waals surface area contributed by atoms with Crippen LogP contribution in [0.15, 0.2) is 65.6 Å². The molecule has 0 saturated heterocycles. The van der Waals surface area contributed by atoms with Crippen molar-refractivity contribution in [1.82, 2.24) is 10.0 Å². The zero-order valence-corrected chi connectivity index (χ0v) is 17.8. The lowest BCUT2D eigenvalue weighted by atomic mass is 9.98. The average Bonchev–Trinajstić information content (AvgIpc) is 2.71. The fraction of sp³-hybridized carbons (Fsp3) is 0.333. The van der Waals surface area contributed by atoms with Crippen LogP contribution >= 0.6 is 0 Å². The number of amides is 1. The molecule has 0 bridgehead atoms. The van der Waals surface area contributed by atoms with Crippen LogP contribution in [0.3, 0.4) is 0 Å². The highest BCUT2D eigenvalue weighted by Gasteiger charge is 2.38. The molecular weight excluding hydrogens is 408 g/mol. The predicted octanol–water partition coefficient (Wildman–Crippen LogP) is 1.00. The largest absolute Gasteiger partial charge is 0.467 e. The average molecular weight is 435 g/mol. The van der Waals surface area contributed by atoms with Gasteiger partial charge >= 0.3 is 5.97 Å². The maximum Gasteiger partial charge on any atom is 0.328 e. The SMILES string of the molecule is COC(=O)[C@H](Cc1ccccc1)NC(=O)[C@H](NS(=O)(=O)c1ccccc1)C(C)(C)O. The quantitative estimate of drug-likeness (QED) is 0.506. The van der Waals surface area contributed by atoms with Crippen molar-refractivity contribution in [1.29, 1.82) is 0 Å². The van der Waals surface area contributed by atoms with Crippen molar-refractivity contribution in [2.75, 3.05) is 7.11 Å². The summed E-state index contributed by atoms with van der Waals surface area (Å²) in [5.74, 6) is -1.54. The monoisotopic (exact) mass is 434 g/mol. The van der Waals surface area contributed by atoms with E-state index in [0.717, 1.165) is 5.56 Å². The molecule has 0 heterocycles. The second kappa shape index (κ2) is 9.84. The number of ether oxygens (including phenoxy) is 1. The number of aliphatic hydroxyl groups is 1. The molecule has 162 valence electrons. The number of hydrogen-bond acceptors (Lipinski definition) is 6. The van der Waals surface area contributed by atoms with Crippen LogP contribution in [0.2, 0.25) is 0 Å². The van der Waals surface area contributed by atoms with Crippen LogP contribution in [0.1, 0.15) is 19.4 Å². The van der Waals surface area contributed by atoms with E-state index in [1.54, 1.807) is 42.5 Å². The van der Waals surface area contributed by atoms with Gasteiger partial charge in [-0.05, 0) is 31.5 Å². The standard InChI is InChI=1S/C21H26N2O6S/c1-21(2,26)18(23-30(27,28)16-12-8-5-9-13-16)19(24)22-17(20(25)29-3)14-15-10-6-4-7-11-15/h4-13,17-18,23,26H,14H2,1-3H3,(H,22,24)/t17-,18-/m0/s1. The molecule has 0 spiro atoms. The van der Waals surface area contributed by atoms with Crippen LogP contribution in [-0.2, 0) is 30.8 Å². The van der Waals surface area contributed by atoms with Crippen molar-refractivity contribution in [3.63, 3.8) is 0 Å². The Balaban J connectivity index is 2.25. The minimum absolute atomic E-state index is 0.0548. The number of rotatable bonds is 9. The molecule has 2 aromatic carbocycles. The molecule has 0 unspecified atom stereocenters. The lowest BCUT2D eigenvalue weighted by molar-refractivity contribution is -0.146. The Bertz CT molecular complexity index is 956. The van der Waals surface area contributed by atoms with Gasteiger partial charge in [0.1, 0.15) is 12.1 Å². The summed E-state index contributed by atoms with van der Waals surface area (Å²) in [6, 6.07) is 13.8. The fourth-order valence-corrected chi connectivity index (χ4v) is 4.14. The Morgan fingerprint density at radius 1 is 1.03 bits per heavy atom. The molecule has 0 fully saturated rings. The summed E-state index contributed by atoms with van der Waals surface area (Å²) in [4.78, 5) is 25.1. The molecular formula is C21H26N2O6S. The molecule has 2 atom stereocenters. The smallest absolute Gasteiger partial charge is 0.328 e. The summed E-state index contributed by atoms with van der Waals surface area (Å²) in [6.45, 7) is 2.60. The highest BCUT2D eigenvalue weighted by molar-refractivity contribution is 7.89. The number of sulfonamides is 1. The van der Waals surface area contributed by atoms with E-state index in [4.69, 9.17) is 4.74 Å². The first kappa shape index (κ1) is 23.5. The molecule has 3 N–H and O–H groups in total. The Hall–Kier alpha value is -2.75. The normalized spacial score (nSPS) is 13.9. The molecule has 9 heteroatoms. The predicted molar refractivity (Wildman–Crippen MR) is 111 cm³/mol. The highest BCUT2D eigenvalue weighted by Crippen LogP contribution is 2.15. The number of carbonyl (C=O) groups excluding carboxylic acids is 2. The van der Waals surface area contributed by atoms with Gasteiger partial charge in [0, 0.05) is 6.42 Å². The van der Waals surface area contributed by atoms with Crippen LogP contribution in [0.4, 0.5) is 0 Å². The third kappa shape index (κ3) is 6.38. The number of esters is 1. The topological polar surface area (TPSA) is 122 Å². The van der Waals surface area contributed by atoms with E-state index in [-0.39, 0.29) is 11.3 Å². The van der Waals surface area contributed by atoms with Gasteiger partial charge in [0.15, 0.2) is 0 Å². The van der Waals surface area contributed by atoms with Gasteiger partial charge in [-0.25, -0.2) is 13.2 Å². The van der Waals surface area contributed by atoms with Crippen molar-refractivity contribution in [2.45, 2.75) is 42.8 Å². The second-order valence-electron chi connectivity index (χ2n) is 7.30. The summed E-state index contributed by atoms with van der Waals surface area (Å²) in [5.41, 5.74) is -0.975. The number of nitrogens with one attached hydrogen (secondary N) is 2. The second-order valence-corrected chi connectivity index (χ2v) is 9.01. The molecule has 8 nitrogen and oxygen atoms in total. The molecule has 0 aliphatic carbocycles. The van der Waals surface area contributed by atoms with Crippen LogP contribution in [-0.4, -0.2) is 50.2 Å². The van der Waals surface area contributed by atoms with Gasteiger partial charge in [-0.1, -0.05) is 48.5 Å². The third-order valence-electron chi connectivity index (χ3n) is 4.38. The zero-order valence-electron chi connectivity index (χ0n) is 17.0. The first-order chi connectivity index (χ1) is 14.0. The molecule has 30 heavy (non-hydrogen) atoms. The van der Waals surface area contributed by atoms with Crippen molar-refractivity contribution in [2.24, 2.45) is 0 Å². The molecule has 0 aliphatic heterocycles. The minimum Gasteiger partial charge on any atom is -0.467 e. The summed E-state index contributed by atoms with van der Waals surface area (Å²) < 4.78 is 32.3. The van der Waals surface area contributed by atoms with E-state index in [2.05, 4.69) is 10.0 Å². The van der Waals surface area contributed by atoms with E-state index in [0.29, 0.717) is 0 Å². The summed E-state index contributed by atoms with van der Waals surface area (Å²) in [6.07, 6.45) is 0.142. The van der Waals surface area contributed by atoms with Crippen molar-refractivity contribution in [3.05, 3.63) is 66.2 Å². The van der Waals surface area contributed by atoms with Gasteiger partial charge in [0.05, 0.1) is 17.6 Å². The van der Waals surface area contributed by atoms with Crippen LogP contribution in [0.25, 0.3) is 0 Å². The molecule has 1 amide bonds. The van der Waals surface area contributed by atoms with E-state index >= 15 is 0 Å². The van der Waals surface area contributed by atoms with E-state index in [1.165, 1.54) is 33.1 Å². The Labute approximate surface area is 176 Å². The number of carbonyl (C=O) groups is 2. The lowest BCUT2D eigenvalue weighted by Crippen LogP contribution is -2.60. The molecule has 0 aliphatic rings.